The van der Waals surface area contributed by atoms with Gasteiger partial charge in [-0.1, -0.05) is 12.1 Å². The van der Waals surface area contributed by atoms with Gasteiger partial charge >= 0.3 is 5.76 Å². The minimum absolute atomic E-state index is 0.109. The standard InChI is InChI=1S/C14H20F2N2O2S/c15-14(16)21(19,20)13-7-2-1-6-12(13)18-10-4-3-5-11(18)8-9-17/h1-2,6-7,11,14H,3-5,8-10,17H2. The molecule has 1 aromatic rings. The highest BCUT2D eigenvalue weighted by molar-refractivity contribution is 7.91. The van der Waals surface area contributed by atoms with Crippen LogP contribution in [0.5, 0.6) is 0 Å². The van der Waals surface area contributed by atoms with E-state index in [2.05, 4.69) is 0 Å². The molecule has 1 heterocycles. The third kappa shape index (κ3) is 3.35. The van der Waals surface area contributed by atoms with Crippen molar-refractivity contribution in [1.29, 1.82) is 0 Å². The summed E-state index contributed by atoms with van der Waals surface area (Å²) in [6, 6.07) is 6.11. The third-order valence-electron chi connectivity index (χ3n) is 3.84. The molecule has 1 aliphatic rings. The summed E-state index contributed by atoms with van der Waals surface area (Å²) in [5.41, 5.74) is 5.98. The van der Waals surface area contributed by atoms with E-state index in [0.717, 1.165) is 25.7 Å². The van der Waals surface area contributed by atoms with Crippen molar-refractivity contribution in [2.24, 2.45) is 5.73 Å². The molecule has 0 aliphatic carbocycles. The zero-order valence-electron chi connectivity index (χ0n) is 11.7. The molecule has 1 saturated heterocycles. The number of anilines is 1. The maximum atomic E-state index is 12.9. The predicted molar refractivity (Wildman–Crippen MR) is 78.3 cm³/mol. The van der Waals surface area contributed by atoms with Crippen molar-refractivity contribution in [3.8, 4) is 0 Å². The van der Waals surface area contributed by atoms with Gasteiger partial charge in [0, 0.05) is 12.6 Å². The lowest BCUT2D eigenvalue weighted by Gasteiger charge is -2.38. The lowest BCUT2D eigenvalue weighted by molar-refractivity contribution is 0.234. The van der Waals surface area contributed by atoms with Gasteiger partial charge in [0.1, 0.15) is 0 Å². The van der Waals surface area contributed by atoms with Crippen LogP contribution in [0.1, 0.15) is 25.7 Å². The largest absolute Gasteiger partial charge is 0.367 e. The van der Waals surface area contributed by atoms with Crippen LogP contribution in [0.15, 0.2) is 29.2 Å². The van der Waals surface area contributed by atoms with Crippen molar-refractivity contribution in [3.63, 3.8) is 0 Å². The van der Waals surface area contributed by atoms with Gasteiger partial charge in [0.15, 0.2) is 0 Å². The van der Waals surface area contributed by atoms with E-state index in [-0.39, 0.29) is 10.9 Å². The number of alkyl halides is 2. The number of piperidine rings is 1. The first kappa shape index (κ1) is 16.2. The van der Waals surface area contributed by atoms with E-state index >= 15 is 0 Å². The van der Waals surface area contributed by atoms with Crippen molar-refractivity contribution >= 4 is 15.5 Å². The number of rotatable bonds is 5. The summed E-state index contributed by atoms with van der Waals surface area (Å²) >= 11 is 0. The number of benzene rings is 1. The van der Waals surface area contributed by atoms with Gasteiger partial charge in [0.25, 0.3) is 0 Å². The Hall–Kier alpha value is -1.21. The summed E-state index contributed by atoms with van der Waals surface area (Å²) in [6.07, 6.45) is 3.60. The van der Waals surface area contributed by atoms with Gasteiger partial charge in [0.2, 0.25) is 9.84 Å². The normalized spacial score (nSPS) is 20.0. The molecule has 1 unspecified atom stereocenters. The first-order valence-corrected chi connectivity index (χ1v) is 8.61. The maximum absolute atomic E-state index is 12.9. The summed E-state index contributed by atoms with van der Waals surface area (Å²) in [6.45, 7) is 1.16. The Balaban J connectivity index is 2.44. The Morgan fingerprint density at radius 1 is 1.29 bits per heavy atom. The van der Waals surface area contributed by atoms with Crippen LogP contribution in [-0.4, -0.2) is 33.3 Å². The van der Waals surface area contributed by atoms with Crippen LogP contribution in [0, 0.1) is 0 Å². The molecule has 2 rings (SSSR count). The Morgan fingerprint density at radius 2 is 2.00 bits per heavy atom. The van der Waals surface area contributed by atoms with Gasteiger partial charge < -0.3 is 10.6 Å². The highest BCUT2D eigenvalue weighted by atomic mass is 32.2. The Kier molecular flexibility index (Phi) is 5.16. The van der Waals surface area contributed by atoms with Crippen LogP contribution in [0.25, 0.3) is 0 Å². The van der Waals surface area contributed by atoms with Crippen molar-refractivity contribution in [1.82, 2.24) is 0 Å². The smallest absolute Gasteiger partial charge is 0.341 e. The Morgan fingerprint density at radius 3 is 2.67 bits per heavy atom. The molecular formula is C14H20F2N2O2S. The molecule has 2 N–H and O–H groups in total. The van der Waals surface area contributed by atoms with Crippen LogP contribution in [0.3, 0.4) is 0 Å². The van der Waals surface area contributed by atoms with Crippen LogP contribution >= 0.6 is 0 Å². The van der Waals surface area contributed by atoms with Crippen molar-refractivity contribution in [3.05, 3.63) is 24.3 Å². The minimum Gasteiger partial charge on any atom is -0.367 e. The fourth-order valence-corrected chi connectivity index (χ4v) is 3.78. The van der Waals surface area contributed by atoms with E-state index in [1.165, 1.54) is 12.1 Å². The second-order valence-corrected chi connectivity index (χ2v) is 7.08. The first-order valence-electron chi connectivity index (χ1n) is 7.06. The molecule has 0 bridgehead atoms. The molecule has 0 aromatic heterocycles. The second kappa shape index (κ2) is 6.70. The summed E-state index contributed by atoms with van der Waals surface area (Å²) in [7, 11) is -4.60. The Bertz CT molecular complexity index is 576. The van der Waals surface area contributed by atoms with Gasteiger partial charge in [-0.2, -0.15) is 8.78 Å². The van der Waals surface area contributed by atoms with Gasteiger partial charge in [-0.05, 0) is 44.4 Å². The maximum Gasteiger partial charge on any atom is 0.341 e. The highest BCUT2D eigenvalue weighted by Crippen LogP contribution is 2.33. The van der Waals surface area contributed by atoms with E-state index in [9.17, 15) is 17.2 Å². The van der Waals surface area contributed by atoms with E-state index in [4.69, 9.17) is 5.73 Å². The van der Waals surface area contributed by atoms with Crippen LogP contribution in [0.2, 0.25) is 0 Å². The van der Waals surface area contributed by atoms with Crippen LogP contribution in [-0.2, 0) is 9.84 Å². The van der Waals surface area contributed by atoms with Crippen molar-refractivity contribution in [2.45, 2.75) is 42.4 Å². The van der Waals surface area contributed by atoms with E-state index in [1.54, 1.807) is 12.1 Å². The van der Waals surface area contributed by atoms with E-state index in [1.807, 2.05) is 4.90 Å². The van der Waals surface area contributed by atoms with E-state index in [0.29, 0.717) is 18.8 Å². The minimum atomic E-state index is -4.60. The van der Waals surface area contributed by atoms with Crippen LogP contribution in [0.4, 0.5) is 14.5 Å². The fourth-order valence-electron chi connectivity index (χ4n) is 2.84. The molecule has 0 amide bonds. The molecule has 0 radical (unpaired) electrons. The molecule has 1 atom stereocenters. The molecular weight excluding hydrogens is 298 g/mol. The number of sulfone groups is 1. The monoisotopic (exact) mass is 318 g/mol. The molecule has 1 fully saturated rings. The third-order valence-corrected chi connectivity index (χ3v) is 5.27. The molecule has 118 valence electrons. The SMILES string of the molecule is NCCC1CCCCN1c1ccccc1S(=O)(=O)C(F)F. The summed E-state index contributed by atoms with van der Waals surface area (Å²) < 4.78 is 49.4. The predicted octanol–water partition coefficient (Wildman–Crippen LogP) is 2.39. The summed E-state index contributed by atoms with van der Waals surface area (Å²) in [5.74, 6) is -3.41. The summed E-state index contributed by atoms with van der Waals surface area (Å²) in [5, 5.41) is 0. The molecule has 1 aliphatic heterocycles. The fraction of sp³-hybridized carbons (Fsp3) is 0.571. The average Bonchev–Trinajstić information content (AvgIpc) is 2.48. The van der Waals surface area contributed by atoms with Crippen LogP contribution < -0.4 is 10.6 Å². The molecule has 4 nitrogen and oxygen atoms in total. The second-order valence-electron chi connectivity index (χ2n) is 5.19. The number of para-hydroxylation sites is 1. The van der Waals surface area contributed by atoms with Crippen molar-refractivity contribution in [2.75, 3.05) is 18.0 Å². The number of nitrogens with two attached hydrogens (primary N) is 1. The van der Waals surface area contributed by atoms with Gasteiger partial charge in [-0.25, -0.2) is 8.42 Å². The molecule has 7 heteroatoms. The van der Waals surface area contributed by atoms with Crippen molar-refractivity contribution < 1.29 is 17.2 Å². The zero-order valence-corrected chi connectivity index (χ0v) is 12.5. The van der Waals surface area contributed by atoms with Gasteiger partial charge in [-0.3, -0.25) is 0 Å². The average molecular weight is 318 g/mol. The van der Waals surface area contributed by atoms with Gasteiger partial charge in [-0.15, -0.1) is 0 Å². The first-order chi connectivity index (χ1) is 9.98. The lowest BCUT2D eigenvalue weighted by Crippen LogP contribution is -2.41. The molecule has 0 spiro atoms. The number of hydrogen-bond donors (Lipinski definition) is 1. The Labute approximate surface area is 123 Å². The highest BCUT2D eigenvalue weighted by Gasteiger charge is 2.32. The quantitative estimate of drug-likeness (QED) is 0.905. The molecule has 0 saturated carbocycles. The summed E-state index contributed by atoms with van der Waals surface area (Å²) in [4.78, 5) is 1.63. The molecule has 21 heavy (non-hydrogen) atoms. The number of halogens is 2. The topological polar surface area (TPSA) is 63.4 Å². The lowest BCUT2D eigenvalue weighted by atomic mass is 9.98. The van der Waals surface area contributed by atoms with E-state index < -0.39 is 15.6 Å². The zero-order chi connectivity index (χ0) is 15.5. The number of nitrogens with zero attached hydrogens (tertiary/aromatic N) is 1. The number of hydrogen-bond acceptors (Lipinski definition) is 4. The van der Waals surface area contributed by atoms with Gasteiger partial charge in [0.05, 0.1) is 10.6 Å². The molecule has 1 aromatic carbocycles.